The number of carbonyl (C=O) groups excluding carboxylic acids is 4. The molecule has 19 heteroatoms. The van der Waals surface area contributed by atoms with Crippen molar-refractivity contribution in [3.63, 3.8) is 0 Å². The third kappa shape index (κ3) is 82.6. The predicted molar refractivity (Wildman–Crippen MR) is 455 cm³/mol. The van der Waals surface area contributed by atoms with Crippen LogP contribution in [-0.4, -0.2) is 96.7 Å². The number of rotatable bonds is 90. The largest absolute Gasteiger partial charge is 0.472 e. The fraction of sp³-hybridized carbons (Fsp3) is 0.956. The molecule has 17 nitrogen and oxygen atoms in total. The first-order valence-corrected chi connectivity index (χ1v) is 50.0. The first-order valence-electron chi connectivity index (χ1n) is 47.0. The highest BCUT2D eigenvalue weighted by molar-refractivity contribution is 7.47. The summed E-state index contributed by atoms with van der Waals surface area (Å²) < 4.78 is 69.0. The average molecular weight is 1610 g/mol. The SMILES string of the molecule is CCCCCCCCCCCCCCCCCCCCCCCC(=O)OC[C@H](COP(=O)(O)OC[C@@H](O)COP(=O)(O)OC[C@@H](COC(=O)CCCCCCCCC(C)CC)OC(=O)CCCCCCCCCCCCCCCCCC(C)C)OC(=O)CCCCCCCCCCCCCCCCCCCCCCC. The number of hydrogen-bond donors (Lipinski definition) is 3. The van der Waals surface area contributed by atoms with E-state index in [1.54, 1.807) is 0 Å². The zero-order valence-electron chi connectivity index (χ0n) is 72.6. The van der Waals surface area contributed by atoms with Gasteiger partial charge in [-0.15, -0.1) is 0 Å². The molecular formula is C91H178O17P2. The van der Waals surface area contributed by atoms with Gasteiger partial charge in [0.1, 0.15) is 19.3 Å². The van der Waals surface area contributed by atoms with E-state index in [1.807, 2.05) is 0 Å². The second-order valence-corrected chi connectivity index (χ2v) is 36.3. The molecule has 0 saturated heterocycles. The van der Waals surface area contributed by atoms with Gasteiger partial charge in [-0.3, -0.25) is 37.3 Å². The van der Waals surface area contributed by atoms with E-state index in [9.17, 15) is 43.2 Å². The Kier molecular flexibility index (Phi) is 80.7. The maximum atomic E-state index is 13.2. The molecule has 0 bridgehead atoms. The van der Waals surface area contributed by atoms with E-state index in [4.69, 9.17) is 37.0 Å². The Morgan fingerprint density at radius 1 is 0.264 bits per heavy atom. The summed E-state index contributed by atoms with van der Waals surface area (Å²) in [6.07, 6.45) is 76.7. The van der Waals surface area contributed by atoms with Crippen molar-refractivity contribution in [1.82, 2.24) is 0 Å². The number of aliphatic hydroxyl groups is 1. The Bertz CT molecular complexity index is 2100. The quantitative estimate of drug-likeness (QED) is 0.0222. The zero-order valence-corrected chi connectivity index (χ0v) is 74.4. The Morgan fingerprint density at radius 2 is 0.464 bits per heavy atom. The van der Waals surface area contributed by atoms with E-state index < -0.39 is 97.5 Å². The molecule has 0 aliphatic carbocycles. The number of aliphatic hydroxyl groups excluding tert-OH is 1. The number of carbonyl (C=O) groups is 4. The lowest BCUT2D eigenvalue weighted by Crippen LogP contribution is -2.30. The molecule has 0 fully saturated rings. The van der Waals surface area contributed by atoms with E-state index in [2.05, 4.69) is 41.5 Å². The third-order valence-electron chi connectivity index (χ3n) is 21.8. The first-order chi connectivity index (χ1) is 53.4. The summed E-state index contributed by atoms with van der Waals surface area (Å²) in [5.41, 5.74) is 0. The Morgan fingerprint density at radius 3 is 0.691 bits per heavy atom. The highest BCUT2D eigenvalue weighted by Crippen LogP contribution is 2.45. The van der Waals surface area contributed by atoms with Crippen LogP contribution in [0.25, 0.3) is 0 Å². The number of ether oxygens (including phenoxy) is 4. The average Bonchev–Trinajstić information content (AvgIpc) is 0.905. The number of esters is 4. The molecule has 0 spiro atoms. The van der Waals surface area contributed by atoms with Gasteiger partial charge in [0.2, 0.25) is 0 Å². The molecule has 0 saturated carbocycles. The summed E-state index contributed by atoms with van der Waals surface area (Å²) in [5.74, 6) is -0.566. The number of phosphoric acid groups is 2. The van der Waals surface area contributed by atoms with Crippen LogP contribution in [0.1, 0.15) is 491 Å². The molecule has 3 unspecified atom stereocenters. The van der Waals surface area contributed by atoms with Gasteiger partial charge < -0.3 is 33.8 Å². The third-order valence-corrected chi connectivity index (χ3v) is 23.7. The molecule has 0 rings (SSSR count). The highest BCUT2D eigenvalue weighted by Gasteiger charge is 2.31. The van der Waals surface area contributed by atoms with Gasteiger partial charge >= 0.3 is 39.5 Å². The Hall–Kier alpha value is -1.94. The smallest absolute Gasteiger partial charge is 0.462 e. The van der Waals surface area contributed by atoms with E-state index in [0.29, 0.717) is 25.7 Å². The Balaban J connectivity index is 5.22. The van der Waals surface area contributed by atoms with Crippen LogP contribution in [0.4, 0.5) is 0 Å². The van der Waals surface area contributed by atoms with Crippen molar-refractivity contribution < 1.29 is 80.2 Å². The topological polar surface area (TPSA) is 237 Å². The van der Waals surface area contributed by atoms with Crippen LogP contribution in [0.2, 0.25) is 0 Å². The summed E-state index contributed by atoms with van der Waals surface area (Å²) in [4.78, 5) is 73.4. The standard InChI is InChI=1S/C91H178O17P2/c1-7-10-12-14-16-18-20-22-24-26-28-30-32-34-38-42-46-50-54-61-67-73-88(93)101-79-86(107-90(95)75-69-63-55-51-47-43-39-35-33-31-29-27-25-23-21-19-17-15-13-11-8-2)81-105-109(97,98)103-77-85(92)78-104-110(99,100)106-82-87(80-102-89(94)74-68-62-58-57-60-66-72-84(6)9-3)108-91(96)76-70-64-56-52-48-44-40-36-37-41-45-49-53-59-65-71-83(4)5/h83-87,92H,7-82H2,1-6H3,(H,97,98)(H,99,100)/t84?,85-,86-,87-/m1/s1. The van der Waals surface area contributed by atoms with Gasteiger partial charge in [-0.05, 0) is 37.5 Å². The maximum Gasteiger partial charge on any atom is 0.472 e. The second kappa shape index (κ2) is 82.2. The van der Waals surface area contributed by atoms with Gasteiger partial charge in [-0.25, -0.2) is 9.13 Å². The van der Waals surface area contributed by atoms with E-state index in [-0.39, 0.29) is 25.7 Å². The molecule has 0 aromatic rings. The molecule has 654 valence electrons. The summed E-state index contributed by atoms with van der Waals surface area (Å²) >= 11 is 0. The van der Waals surface area contributed by atoms with Gasteiger partial charge in [-0.2, -0.15) is 0 Å². The molecule has 0 heterocycles. The van der Waals surface area contributed by atoms with Gasteiger partial charge in [0, 0.05) is 25.7 Å². The molecule has 0 radical (unpaired) electrons. The normalized spacial score (nSPS) is 14.0. The van der Waals surface area contributed by atoms with Crippen molar-refractivity contribution in [1.29, 1.82) is 0 Å². The van der Waals surface area contributed by atoms with Crippen molar-refractivity contribution in [3.8, 4) is 0 Å². The van der Waals surface area contributed by atoms with Crippen molar-refractivity contribution in [2.24, 2.45) is 11.8 Å². The van der Waals surface area contributed by atoms with Crippen LogP contribution in [0.5, 0.6) is 0 Å². The molecule has 0 amide bonds. The zero-order chi connectivity index (χ0) is 80.6. The van der Waals surface area contributed by atoms with Crippen LogP contribution in [0, 0.1) is 11.8 Å². The van der Waals surface area contributed by atoms with Gasteiger partial charge in [0.25, 0.3) is 0 Å². The molecule has 0 aromatic heterocycles. The lowest BCUT2D eigenvalue weighted by molar-refractivity contribution is -0.161. The second-order valence-electron chi connectivity index (χ2n) is 33.4. The van der Waals surface area contributed by atoms with Crippen LogP contribution in [0.3, 0.4) is 0 Å². The molecule has 110 heavy (non-hydrogen) atoms. The monoisotopic (exact) mass is 1610 g/mol. The fourth-order valence-corrected chi connectivity index (χ4v) is 15.9. The van der Waals surface area contributed by atoms with E-state index >= 15 is 0 Å². The van der Waals surface area contributed by atoms with E-state index in [1.165, 1.54) is 302 Å². The van der Waals surface area contributed by atoms with Crippen molar-refractivity contribution in [2.45, 2.75) is 509 Å². The molecule has 0 aliphatic rings. The van der Waals surface area contributed by atoms with Crippen LogP contribution in [-0.2, 0) is 65.4 Å². The van der Waals surface area contributed by atoms with Gasteiger partial charge in [0.15, 0.2) is 12.2 Å². The van der Waals surface area contributed by atoms with Crippen molar-refractivity contribution in [2.75, 3.05) is 39.6 Å². The van der Waals surface area contributed by atoms with E-state index in [0.717, 1.165) is 108 Å². The molecule has 0 aliphatic heterocycles. The number of hydrogen-bond acceptors (Lipinski definition) is 15. The number of phosphoric ester groups is 2. The lowest BCUT2D eigenvalue weighted by Gasteiger charge is -2.21. The minimum absolute atomic E-state index is 0.107. The van der Waals surface area contributed by atoms with Crippen LogP contribution in [0.15, 0.2) is 0 Å². The summed E-state index contributed by atoms with van der Waals surface area (Å²) in [5, 5.41) is 10.7. The fourth-order valence-electron chi connectivity index (χ4n) is 14.3. The summed E-state index contributed by atoms with van der Waals surface area (Å²) in [6.45, 7) is 9.68. The van der Waals surface area contributed by atoms with Crippen LogP contribution < -0.4 is 0 Å². The maximum absolute atomic E-state index is 13.2. The van der Waals surface area contributed by atoms with Crippen LogP contribution >= 0.6 is 15.6 Å². The Labute approximate surface area is 677 Å². The molecular weight excluding hydrogens is 1430 g/mol. The molecule has 0 aromatic carbocycles. The van der Waals surface area contributed by atoms with Gasteiger partial charge in [-0.1, -0.05) is 440 Å². The summed E-state index contributed by atoms with van der Waals surface area (Å²) in [7, 11) is -9.94. The lowest BCUT2D eigenvalue weighted by atomic mass is 10.00. The van der Waals surface area contributed by atoms with Gasteiger partial charge in [0.05, 0.1) is 26.4 Å². The van der Waals surface area contributed by atoms with Crippen molar-refractivity contribution in [3.05, 3.63) is 0 Å². The molecule has 3 N–H and O–H groups in total. The minimum atomic E-state index is -4.97. The molecule has 6 atom stereocenters. The first kappa shape index (κ1) is 108. The minimum Gasteiger partial charge on any atom is -0.462 e. The highest BCUT2D eigenvalue weighted by atomic mass is 31.2. The number of unbranched alkanes of at least 4 members (excludes halogenated alkanes) is 59. The van der Waals surface area contributed by atoms with Crippen molar-refractivity contribution >= 4 is 39.5 Å². The summed E-state index contributed by atoms with van der Waals surface area (Å²) in [6, 6.07) is 0. The predicted octanol–water partition coefficient (Wildman–Crippen LogP) is 28.2.